The van der Waals surface area contributed by atoms with Crippen molar-refractivity contribution in [3.05, 3.63) is 0 Å². The number of carbonyl (C=O) groups excluding carboxylic acids is 2. The second kappa shape index (κ2) is 9.21. The van der Waals surface area contributed by atoms with Crippen LogP contribution in [-0.2, 0) is 14.3 Å². The Morgan fingerprint density at radius 3 is 2.27 bits per heavy atom. The van der Waals surface area contributed by atoms with Crippen LogP contribution in [0.5, 0.6) is 0 Å². The Morgan fingerprint density at radius 1 is 1.15 bits per heavy atom. The van der Waals surface area contributed by atoms with Crippen molar-refractivity contribution >= 4 is 18.0 Å². The van der Waals surface area contributed by atoms with Crippen LogP contribution in [-0.4, -0.2) is 90.2 Å². The Balaban J connectivity index is 2.87. The number of carbonyl (C=O) groups is 3. The molecule has 1 heterocycles. The molecular formula is C18H33N3O5. The van der Waals surface area contributed by atoms with E-state index in [1.54, 1.807) is 32.7 Å². The molecular weight excluding hydrogens is 338 g/mol. The number of carboxylic acids is 1. The van der Waals surface area contributed by atoms with E-state index in [-0.39, 0.29) is 12.5 Å². The number of rotatable bonds is 6. The zero-order valence-electron chi connectivity index (χ0n) is 16.8. The van der Waals surface area contributed by atoms with Gasteiger partial charge in [0.05, 0.1) is 5.92 Å². The summed E-state index contributed by atoms with van der Waals surface area (Å²) >= 11 is 0. The standard InChI is InChI=1S/C18H33N3O5/c1-18(2,3)26-17(25)21-12-7-9-13(14(21)16(23)24)15(22)20(6)11-8-10-19(4)5/h13-14H,7-12H2,1-6H3,(H,23,24)/t13-,14+/m0/s1. The van der Waals surface area contributed by atoms with Crippen molar-refractivity contribution < 1.29 is 24.2 Å². The lowest BCUT2D eigenvalue weighted by Crippen LogP contribution is -2.57. The fourth-order valence-corrected chi connectivity index (χ4v) is 3.10. The minimum atomic E-state index is -1.19. The van der Waals surface area contributed by atoms with Crippen LogP contribution in [0.2, 0.25) is 0 Å². The molecule has 8 nitrogen and oxygen atoms in total. The molecule has 0 radical (unpaired) electrons. The molecule has 0 aromatic carbocycles. The molecule has 1 aliphatic heterocycles. The highest BCUT2D eigenvalue weighted by molar-refractivity contribution is 5.89. The van der Waals surface area contributed by atoms with Gasteiger partial charge in [-0.3, -0.25) is 9.69 Å². The number of amides is 2. The molecule has 1 rings (SSSR count). The summed E-state index contributed by atoms with van der Waals surface area (Å²) in [5.41, 5.74) is -0.722. The number of hydrogen-bond acceptors (Lipinski definition) is 5. The fourth-order valence-electron chi connectivity index (χ4n) is 3.10. The summed E-state index contributed by atoms with van der Waals surface area (Å²) in [6.45, 7) is 6.85. The second-order valence-electron chi connectivity index (χ2n) is 8.12. The van der Waals surface area contributed by atoms with Crippen molar-refractivity contribution in [1.29, 1.82) is 0 Å². The molecule has 0 unspecified atom stereocenters. The van der Waals surface area contributed by atoms with Gasteiger partial charge in [-0.05, 0) is 60.7 Å². The normalized spacial score (nSPS) is 20.8. The highest BCUT2D eigenvalue weighted by atomic mass is 16.6. The molecule has 0 saturated carbocycles. The van der Waals surface area contributed by atoms with E-state index < -0.39 is 29.6 Å². The van der Waals surface area contributed by atoms with E-state index in [0.29, 0.717) is 19.4 Å². The van der Waals surface area contributed by atoms with Crippen LogP contribution in [0, 0.1) is 5.92 Å². The van der Waals surface area contributed by atoms with Crippen molar-refractivity contribution in [2.75, 3.05) is 40.8 Å². The highest BCUT2D eigenvalue weighted by Crippen LogP contribution is 2.27. The maximum atomic E-state index is 12.8. The molecule has 150 valence electrons. The van der Waals surface area contributed by atoms with Crippen LogP contribution in [0.1, 0.15) is 40.0 Å². The third-order valence-electron chi connectivity index (χ3n) is 4.30. The van der Waals surface area contributed by atoms with Gasteiger partial charge < -0.3 is 19.6 Å². The maximum Gasteiger partial charge on any atom is 0.411 e. The van der Waals surface area contributed by atoms with Gasteiger partial charge in [-0.2, -0.15) is 0 Å². The number of likely N-dealkylation sites (tertiary alicyclic amines) is 1. The van der Waals surface area contributed by atoms with Crippen molar-refractivity contribution in [2.24, 2.45) is 5.92 Å². The quantitative estimate of drug-likeness (QED) is 0.761. The van der Waals surface area contributed by atoms with Crippen LogP contribution in [0.25, 0.3) is 0 Å². The molecule has 2 amide bonds. The number of carboxylic acid groups (broad SMARTS) is 1. The average molecular weight is 371 g/mol. The Labute approximate surface area is 156 Å². The smallest absolute Gasteiger partial charge is 0.411 e. The zero-order valence-corrected chi connectivity index (χ0v) is 16.8. The predicted octanol–water partition coefficient (Wildman–Crippen LogP) is 1.50. The Kier molecular flexibility index (Phi) is 7.87. The van der Waals surface area contributed by atoms with E-state index in [9.17, 15) is 19.5 Å². The summed E-state index contributed by atoms with van der Waals surface area (Å²) < 4.78 is 5.33. The summed E-state index contributed by atoms with van der Waals surface area (Å²) in [4.78, 5) is 41.9. The molecule has 0 aromatic heterocycles. The lowest BCUT2D eigenvalue weighted by molar-refractivity contribution is -0.153. The van der Waals surface area contributed by atoms with Gasteiger partial charge in [-0.1, -0.05) is 0 Å². The van der Waals surface area contributed by atoms with E-state index in [1.807, 2.05) is 19.0 Å². The van der Waals surface area contributed by atoms with Gasteiger partial charge in [0.2, 0.25) is 5.91 Å². The Bertz CT molecular complexity index is 515. The molecule has 1 saturated heterocycles. The van der Waals surface area contributed by atoms with E-state index in [1.165, 1.54) is 4.90 Å². The fraction of sp³-hybridized carbons (Fsp3) is 0.833. The third-order valence-corrected chi connectivity index (χ3v) is 4.30. The number of ether oxygens (including phenoxy) is 1. The van der Waals surface area contributed by atoms with E-state index in [4.69, 9.17) is 4.74 Å². The summed E-state index contributed by atoms with van der Waals surface area (Å²) in [7, 11) is 5.60. The van der Waals surface area contributed by atoms with Gasteiger partial charge in [0, 0.05) is 20.1 Å². The number of piperidine rings is 1. The van der Waals surface area contributed by atoms with E-state index >= 15 is 0 Å². The number of aliphatic carboxylic acids is 1. The molecule has 2 atom stereocenters. The second-order valence-corrected chi connectivity index (χ2v) is 8.12. The summed E-state index contributed by atoms with van der Waals surface area (Å²) in [5.74, 6) is -2.15. The van der Waals surface area contributed by atoms with Crippen LogP contribution >= 0.6 is 0 Å². The van der Waals surface area contributed by atoms with Gasteiger partial charge in [0.1, 0.15) is 11.6 Å². The topological polar surface area (TPSA) is 90.4 Å². The number of hydrogen-bond donors (Lipinski definition) is 1. The van der Waals surface area contributed by atoms with Crippen molar-refractivity contribution in [1.82, 2.24) is 14.7 Å². The number of nitrogens with zero attached hydrogens (tertiary/aromatic N) is 3. The van der Waals surface area contributed by atoms with E-state index in [0.717, 1.165) is 13.0 Å². The minimum absolute atomic E-state index is 0.232. The summed E-state index contributed by atoms with van der Waals surface area (Å²) in [5, 5.41) is 9.68. The van der Waals surface area contributed by atoms with Crippen LogP contribution < -0.4 is 0 Å². The molecule has 1 N–H and O–H groups in total. The molecule has 8 heteroatoms. The van der Waals surface area contributed by atoms with Crippen molar-refractivity contribution in [3.63, 3.8) is 0 Å². The molecule has 0 bridgehead atoms. The molecule has 1 aliphatic rings. The zero-order chi connectivity index (χ0) is 20.1. The van der Waals surface area contributed by atoms with Crippen LogP contribution in [0.3, 0.4) is 0 Å². The van der Waals surface area contributed by atoms with Gasteiger partial charge in [0.15, 0.2) is 0 Å². The van der Waals surface area contributed by atoms with Gasteiger partial charge in [-0.15, -0.1) is 0 Å². The first kappa shape index (κ1) is 22.2. The largest absolute Gasteiger partial charge is 0.480 e. The van der Waals surface area contributed by atoms with Gasteiger partial charge in [0.25, 0.3) is 0 Å². The molecule has 26 heavy (non-hydrogen) atoms. The maximum absolute atomic E-state index is 12.8. The lowest BCUT2D eigenvalue weighted by atomic mass is 9.88. The summed E-state index contributed by atoms with van der Waals surface area (Å²) in [6.07, 6.45) is 1.14. The minimum Gasteiger partial charge on any atom is -0.480 e. The van der Waals surface area contributed by atoms with Crippen molar-refractivity contribution in [3.8, 4) is 0 Å². The molecule has 0 aromatic rings. The van der Waals surface area contributed by atoms with E-state index in [2.05, 4.69) is 0 Å². The molecule has 0 aliphatic carbocycles. The van der Waals surface area contributed by atoms with Crippen LogP contribution in [0.4, 0.5) is 4.79 Å². The Morgan fingerprint density at radius 2 is 1.77 bits per heavy atom. The summed E-state index contributed by atoms with van der Waals surface area (Å²) in [6, 6.07) is -1.19. The van der Waals surface area contributed by atoms with Crippen LogP contribution in [0.15, 0.2) is 0 Å². The van der Waals surface area contributed by atoms with Crippen molar-refractivity contribution in [2.45, 2.75) is 51.7 Å². The first-order chi connectivity index (χ1) is 11.9. The van der Waals surface area contributed by atoms with Gasteiger partial charge in [-0.25, -0.2) is 9.59 Å². The first-order valence-corrected chi connectivity index (χ1v) is 9.06. The highest BCUT2D eigenvalue weighted by Gasteiger charge is 2.45. The molecule has 0 spiro atoms. The first-order valence-electron chi connectivity index (χ1n) is 9.06. The monoisotopic (exact) mass is 371 g/mol. The SMILES string of the molecule is CN(C)CCCN(C)C(=O)[C@H]1CCCN(C(=O)OC(C)(C)C)[C@H]1C(=O)O. The third kappa shape index (κ3) is 6.48. The Hall–Kier alpha value is -1.83. The predicted molar refractivity (Wildman–Crippen MR) is 97.9 cm³/mol. The van der Waals surface area contributed by atoms with Gasteiger partial charge >= 0.3 is 12.1 Å². The molecule has 1 fully saturated rings. The lowest BCUT2D eigenvalue weighted by Gasteiger charge is -2.39. The average Bonchev–Trinajstić information content (AvgIpc) is 2.51.